The lowest BCUT2D eigenvalue weighted by Crippen LogP contribution is -1.81. The van der Waals surface area contributed by atoms with Crippen LogP contribution < -0.4 is 4.74 Å². The van der Waals surface area contributed by atoms with E-state index in [4.69, 9.17) is 9.84 Å². The van der Waals surface area contributed by atoms with Crippen molar-refractivity contribution >= 4 is 6.08 Å². The fourth-order valence-corrected chi connectivity index (χ4v) is 0.801. The van der Waals surface area contributed by atoms with Crippen molar-refractivity contribution < 1.29 is 9.84 Å². The molecule has 1 rings (SSSR count). The SMILES string of the molecule is COc1ccc(/C=C/O)cc1. The second-order valence-electron chi connectivity index (χ2n) is 2.09. The van der Waals surface area contributed by atoms with Crippen LogP contribution in [-0.4, -0.2) is 12.2 Å². The van der Waals surface area contributed by atoms with Crippen LogP contribution in [0, 0.1) is 0 Å². The van der Waals surface area contributed by atoms with E-state index in [0.717, 1.165) is 17.6 Å². The molecule has 0 aliphatic heterocycles. The largest absolute Gasteiger partial charge is 0.516 e. The first kappa shape index (κ1) is 7.66. The van der Waals surface area contributed by atoms with E-state index in [-0.39, 0.29) is 0 Å². The minimum atomic E-state index is 0.820. The normalized spacial score (nSPS) is 10.3. The highest BCUT2D eigenvalue weighted by Gasteiger charge is 1.88. The summed E-state index contributed by atoms with van der Waals surface area (Å²) in [5, 5.41) is 8.43. The van der Waals surface area contributed by atoms with Crippen LogP contribution in [0.4, 0.5) is 0 Å². The van der Waals surface area contributed by atoms with Crippen LogP contribution in [0.5, 0.6) is 5.75 Å². The summed E-state index contributed by atoms with van der Waals surface area (Å²) in [6.45, 7) is 0. The van der Waals surface area contributed by atoms with Gasteiger partial charge in [-0.25, -0.2) is 0 Å². The average molecular weight is 150 g/mol. The van der Waals surface area contributed by atoms with Gasteiger partial charge in [-0.3, -0.25) is 0 Å². The molecule has 1 N–H and O–H groups in total. The van der Waals surface area contributed by atoms with E-state index >= 15 is 0 Å². The van der Waals surface area contributed by atoms with Crippen molar-refractivity contribution in [2.24, 2.45) is 0 Å². The van der Waals surface area contributed by atoms with Gasteiger partial charge in [-0.15, -0.1) is 0 Å². The van der Waals surface area contributed by atoms with Crippen molar-refractivity contribution in [2.75, 3.05) is 7.11 Å². The summed E-state index contributed by atoms with van der Waals surface area (Å²) in [4.78, 5) is 0. The lowest BCUT2D eigenvalue weighted by atomic mass is 10.2. The molecule has 0 unspecified atom stereocenters. The number of hydrogen-bond acceptors (Lipinski definition) is 2. The topological polar surface area (TPSA) is 29.5 Å². The molecule has 1 aromatic carbocycles. The van der Waals surface area contributed by atoms with E-state index in [9.17, 15) is 0 Å². The van der Waals surface area contributed by atoms with Gasteiger partial charge in [-0.1, -0.05) is 12.1 Å². The van der Waals surface area contributed by atoms with Crippen LogP contribution in [-0.2, 0) is 0 Å². The molecule has 0 heterocycles. The van der Waals surface area contributed by atoms with E-state index in [0.29, 0.717) is 0 Å². The summed E-state index contributed by atoms with van der Waals surface area (Å²) < 4.78 is 4.96. The monoisotopic (exact) mass is 150 g/mol. The zero-order chi connectivity index (χ0) is 8.10. The molecule has 0 spiro atoms. The third kappa shape index (κ3) is 2.00. The summed E-state index contributed by atoms with van der Waals surface area (Å²) in [5.41, 5.74) is 0.952. The van der Waals surface area contributed by atoms with Gasteiger partial charge in [0.05, 0.1) is 13.4 Å². The van der Waals surface area contributed by atoms with Crippen LogP contribution in [0.2, 0.25) is 0 Å². The number of rotatable bonds is 2. The molecular formula is C9H10O2. The minimum Gasteiger partial charge on any atom is -0.516 e. The molecule has 0 fully saturated rings. The van der Waals surface area contributed by atoms with Gasteiger partial charge < -0.3 is 9.84 Å². The van der Waals surface area contributed by atoms with E-state index in [1.165, 1.54) is 0 Å². The Labute approximate surface area is 65.7 Å². The van der Waals surface area contributed by atoms with Gasteiger partial charge in [0.25, 0.3) is 0 Å². The molecule has 0 aliphatic carbocycles. The molecule has 58 valence electrons. The van der Waals surface area contributed by atoms with Crippen molar-refractivity contribution in [3.63, 3.8) is 0 Å². The van der Waals surface area contributed by atoms with Gasteiger partial charge in [0.2, 0.25) is 0 Å². The fourth-order valence-electron chi connectivity index (χ4n) is 0.801. The Bertz CT molecular complexity index is 236. The molecule has 11 heavy (non-hydrogen) atoms. The first-order chi connectivity index (χ1) is 5.36. The second kappa shape index (κ2) is 3.66. The van der Waals surface area contributed by atoms with Gasteiger partial charge in [-0.2, -0.15) is 0 Å². The third-order valence-electron chi connectivity index (χ3n) is 1.38. The van der Waals surface area contributed by atoms with E-state index in [1.807, 2.05) is 24.3 Å². The number of benzene rings is 1. The van der Waals surface area contributed by atoms with Crippen LogP contribution >= 0.6 is 0 Å². The number of aliphatic hydroxyl groups excluding tert-OH is 1. The number of methoxy groups -OCH3 is 1. The Kier molecular flexibility index (Phi) is 2.55. The zero-order valence-corrected chi connectivity index (χ0v) is 6.32. The molecule has 0 aliphatic rings. The molecule has 0 saturated heterocycles. The predicted molar refractivity (Wildman–Crippen MR) is 44.7 cm³/mol. The van der Waals surface area contributed by atoms with E-state index < -0.39 is 0 Å². The molecular weight excluding hydrogens is 140 g/mol. The van der Waals surface area contributed by atoms with Crippen molar-refractivity contribution in [3.8, 4) is 5.75 Å². The Morgan fingerprint density at radius 1 is 1.27 bits per heavy atom. The molecule has 0 radical (unpaired) electrons. The van der Waals surface area contributed by atoms with Crippen LogP contribution in [0.1, 0.15) is 5.56 Å². The maximum absolute atomic E-state index is 8.43. The summed E-state index contributed by atoms with van der Waals surface area (Å²) in [7, 11) is 1.62. The van der Waals surface area contributed by atoms with Gasteiger partial charge in [0.1, 0.15) is 5.75 Å². The van der Waals surface area contributed by atoms with Crippen LogP contribution in [0.15, 0.2) is 30.5 Å². The lowest BCUT2D eigenvalue weighted by molar-refractivity contribution is 0.415. The predicted octanol–water partition coefficient (Wildman–Crippen LogP) is 2.22. The maximum atomic E-state index is 8.43. The molecule has 0 amide bonds. The van der Waals surface area contributed by atoms with Crippen LogP contribution in [0.25, 0.3) is 6.08 Å². The average Bonchev–Trinajstić information content (AvgIpc) is 2.07. The summed E-state index contributed by atoms with van der Waals surface area (Å²) in [6, 6.07) is 7.42. The van der Waals surface area contributed by atoms with Crippen molar-refractivity contribution in [2.45, 2.75) is 0 Å². The molecule has 0 atom stereocenters. The van der Waals surface area contributed by atoms with Gasteiger partial charge in [0.15, 0.2) is 0 Å². The minimum absolute atomic E-state index is 0.820. The van der Waals surface area contributed by atoms with Gasteiger partial charge in [-0.05, 0) is 23.8 Å². The highest BCUT2D eigenvalue weighted by atomic mass is 16.5. The Morgan fingerprint density at radius 2 is 1.91 bits per heavy atom. The van der Waals surface area contributed by atoms with Crippen molar-refractivity contribution in [1.82, 2.24) is 0 Å². The first-order valence-electron chi connectivity index (χ1n) is 3.31. The highest BCUT2D eigenvalue weighted by molar-refractivity contribution is 5.49. The van der Waals surface area contributed by atoms with E-state index in [1.54, 1.807) is 13.2 Å². The number of aliphatic hydroxyl groups is 1. The lowest BCUT2D eigenvalue weighted by Gasteiger charge is -1.97. The molecule has 0 bridgehead atoms. The van der Waals surface area contributed by atoms with Gasteiger partial charge >= 0.3 is 0 Å². The molecule has 1 aromatic rings. The summed E-state index contributed by atoms with van der Waals surface area (Å²) >= 11 is 0. The Morgan fingerprint density at radius 3 is 2.36 bits per heavy atom. The quantitative estimate of drug-likeness (QED) is 0.655. The maximum Gasteiger partial charge on any atom is 0.118 e. The Balaban J connectivity index is 2.82. The van der Waals surface area contributed by atoms with E-state index in [2.05, 4.69) is 0 Å². The summed E-state index contributed by atoms with van der Waals surface area (Å²) in [5.74, 6) is 0.820. The molecule has 0 aromatic heterocycles. The van der Waals surface area contributed by atoms with Crippen molar-refractivity contribution in [3.05, 3.63) is 36.1 Å². The van der Waals surface area contributed by atoms with Crippen LogP contribution in [0.3, 0.4) is 0 Å². The number of ether oxygens (including phenoxy) is 1. The number of hydrogen-bond donors (Lipinski definition) is 1. The third-order valence-corrected chi connectivity index (χ3v) is 1.38. The smallest absolute Gasteiger partial charge is 0.118 e. The van der Waals surface area contributed by atoms with Gasteiger partial charge in [0, 0.05) is 0 Å². The highest BCUT2D eigenvalue weighted by Crippen LogP contribution is 2.11. The fraction of sp³-hybridized carbons (Fsp3) is 0.111. The molecule has 2 heteroatoms. The standard InChI is InChI=1S/C9H10O2/c1-11-9-4-2-8(3-5-9)6-7-10/h2-7,10H,1H3/b7-6+. The first-order valence-corrected chi connectivity index (χ1v) is 3.31. The molecule has 2 nitrogen and oxygen atoms in total. The Hall–Kier alpha value is -1.44. The summed E-state index contributed by atoms with van der Waals surface area (Å²) in [6.07, 6.45) is 2.63. The second-order valence-corrected chi connectivity index (χ2v) is 2.09. The van der Waals surface area contributed by atoms with Crippen molar-refractivity contribution in [1.29, 1.82) is 0 Å². The molecule has 0 saturated carbocycles. The zero-order valence-electron chi connectivity index (χ0n) is 6.32.